The number of amides is 2. The van der Waals surface area contributed by atoms with Gasteiger partial charge in [-0.2, -0.15) is 0 Å². The number of ether oxygens (including phenoxy) is 2. The lowest BCUT2D eigenvalue weighted by atomic mass is 10.1. The molecule has 0 radical (unpaired) electrons. The number of methoxy groups -OCH3 is 2. The fraction of sp³-hybridized carbons (Fsp3) is 0.294. The molecule has 1 aromatic carbocycles. The van der Waals surface area contributed by atoms with Crippen molar-refractivity contribution in [3.05, 3.63) is 47.1 Å². The zero-order chi connectivity index (χ0) is 17.1. The number of urea groups is 1. The molecule has 2 amide bonds. The number of pyridine rings is 1. The minimum Gasteiger partial charge on any atom is -0.497 e. The number of aromatic nitrogens is 1. The summed E-state index contributed by atoms with van der Waals surface area (Å²) in [4.78, 5) is 16.1. The molecule has 0 aliphatic heterocycles. The molecule has 0 spiro atoms. The van der Waals surface area contributed by atoms with E-state index < -0.39 is 0 Å². The van der Waals surface area contributed by atoms with Crippen LogP contribution in [0.3, 0.4) is 0 Å². The predicted molar refractivity (Wildman–Crippen MR) is 92.1 cm³/mol. The fourth-order valence-electron chi connectivity index (χ4n) is 2.60. The van der Waals surface area contributed by atoms with Crippen LogP contribution in [0.1, 0.15) is 17.9 Å². The van der Waals surface area contributed by atoms with Crippen molar-refractivity contribution in [3.8, 4) is 11.5 Å². The SMILES string of the molecule is COc1ccc(OC)c([C@H]2C[C@H]2NC(=O)Nc2ccc(Cl)cn2)c1. The maximum atomic E-state index is 12.1. The molecule has 2 aromatic rings. The molecule has 24 heavy (non-hydrogen) atoms. The lowest BCUT2D eigenvalue weighted by molar-refractivity contribution is 0.251. The van der Waals surface area contributed by atoms with Gasteiger partial charge in [0.05, 0.1) is 19.2 Å². The summed E-state index contributed by atoms with van der Waals surface area (Å²) in [6.07, 6.45) is 2.34. The highest BCUT2D eigenvalue weighted by Gasteiger charge is 2.41. The summed E-state index contributed by atoms with van der Waals surface area (Å²) in [5.41, 5.74) is 1.03. The lowest BCUT2D eigenvalue weighted by Crippen LogP contribution is -2.31. The van der Waals surface area contributed by atoms with Crippen LogP contribution in [-0.2, 0) is 0 Å². The largest absolute Gasteiger partial charge is 0.497 e. The van der Waals surface area contributed by atoms with Gasteiger partial charge in [-0.1, -0.05) is 11.6 Å². The number of nitrogens with zero attached hydrogens (tertiary/aromatic N) is 1. The topological polar surface area (TPSA) is 72.5 Å². The minimum atomic E-state index is -0.292. The van der Waals surface area contributed by atoms with E-state index in [1.54, 1.807) is 26.4 Å². The Morgan fingerprint density at radius 1 is 1.25 bits per heavy atom. The van der Waals surface area contributed by atoms with Crippen LogP contribution >= 0.6 is 11.6 Å². The van der Waals surface area contributed by atoms with Gasteiger partial charge in [-0.25, -0.2) is 9.78 Å². The first-order chi connectivity index (χ1) is 11.6. The van der Waals surface area contributed by atoms with Crippen molar-refractivity contribution >= 4 is 23.4 Å². The number of carbonyl (C=O) groups is 1. The van der Waals surface area contributed by atoms with Crippen molar-refractivity contribution in [2.75, 3.05) is 19.5 Å². The quantitative estimate of drug-likeness (QED) is 0.869. The Balaban J connectivity index is 1.61. The highest BCUT2D eigenvalue weighted by molar-refractivity contribution is 6.30. The summed E-state index contributed by atoms with van der Waals surface area (Å²) >= 11 is 5.77. The molecule has 1 aliphatic carbocycles. The van der Waals surface area contributed by atoms with Crippen LogP contribution in [0.4, 0.5) is 10.6 Å². The van der Waals surface area contributed by atoms with Gasteiger partial charge >= 0.3 is 6.03 Å². The molecule has 2 atom stereocenters. The number of halogens is 1. The molecule has 7 heteroatoms. The van der Waals surface area contributed by atoms with E-state index >= 15 is 0 Å². The van der Waals surface area contributed by atoms with E-state index in [1.165, 1.54) is 6.20 Å². The molecule has 1 aromatic heterocycles. The van der Waals surface area contributed by atoms with E-state index in [2.05, 4.69) is 15.6 Å². The average Bonchev–Trinajstić information content (AvgIpc) is 3.35. The normalized spacial score (nSPS) is 18.6. The van der Waals surface area contributed by atoms with Crippen LogP contribution in [0.2, 0.25) is 5.02 Å². The Morgan fingerprint density at radius 2 is 2.08 bits per heavy atom. The molecule has 6 nitrogen and oxygen atoms in total. The molecule has 3 rings (SSSR count). The van der Waals surface area contributed by atoms with Crippen molar-refractivity contribution in [3.63, 3.8) is 0 Å². The van der Waals surface area contributed by atoms with Gasteiger partial charge in [0, 0.05) is 23.7 Å². The zero-order valence-electron chi connectivity index (χ0n) is 13.4. The molecule has 126 valence electrons. The third-order valence-electron chi connectivity index (χ3n) is 3.91. The van der Waals surface area contributed by atoms with E-state index in [9.17, 15) is 4.79 Å². The first-order valence-corrected chi connectivity index (χ1v) is 7.89. The standard InChI is InChI=1S/C17H18ClN3O3/c1-23-11-4-5-15(24-2)13(7-11)12-8-14(12)20-17(22)21-16-6-3-10(18)9-19-16/h3-7,9,12,14H,8H2,1-2H3,(H2,19,20,21,22)/t12-,14-/m1/s1. The molecule has 2 N–H and O–H groups in total. The number of hydrogen-bond donors (Lipinski definition) is 2. The summed E-state index contributed by atoms with van der Waals surface area (Å²) in [6.45, 7) is 0. The van der Waals surface area contributed by atoms with Gasteiger partial charge in [0.2, 0.25) is 0 Å². The Bertz CT molecular complexity index is 736. The lowest BCUT2D eigenvalue weighted by Gasteiger charge is -2.11. The first kappa shape index (κ1) is 16.4. The van der Waals surface area contributed by atoms with Gasteiger partial charge < -0.3 is 14.8 Å². The molecule has 1 aliphatic rings. The predicted octanol–water partition coefficient (Wildman–Crippen LogP) is 3.43. The van der Waals surface area contributed by atoms with Crippen molar-refractivity contribution in [1.29, 1.82) is 0 Å². The van der Waals surface area contributed by atoms with E-state index in [0.717, 1.165) is 23.5 Å². The third-order valence-corrected chi connectivity index (χ3v) is 4.14. The van der Waals surface area contributed by atoms with Gasteiger partial charge in [-0.05, 0) is 36.8 Å². The maximum absolute atomic E-state index is 12.1. The molecular formula is C17H18ClN3O3. The molecule has 0 saturated heterocycles. The Kier molecular flexibility index (Phi) is 4.76. The van der Waals surface area contributed by atoms with Crippen molar-refractivity contribution in [2.45, 2.75) is 18.4 Å². The number of benzene rings is 1. The summed E-state index contributed by atoms with van der Waals surface area (Å²) in [6, 6.07) is 8.76. The minimum absolute atomic E-state index is 0.0540. The van der Waals surface area contributed by atoms with Crippen LogP contribution in [0.15, 0.2) is 36.5 Å². The van der Waals surface area contributed by atoms with E-state index in [0.29, 0.717) is 10.8 Å². The Hall–Kier alpha value is -2.47. The van der Waals surface area contributed by atoms with Crippen LogP contribution in [0, 0.1) is 0 Å². The fourth-order valence-corrected chi connectivity index (χ4v) is 2.71. The molecule has 1 heterocycles. The number of carbonyl (C=O) groups excluding carboxylic acids is 1. The second-order valence-corrected chi connectivity index (χ2v) is 5.95. The highest BCUT2D eigenvalue weighted by Crippen LogP contribution is 2.45. The summed E-state index contributed by atoms with van der Waals surface area (Å²) < 4.78 is 10.7. The van der Waals surface area contributed by atoms with Crippen LogP contribution in [0.25, 0.3) is 0 Å². The average molecular weight is 348 g/mol. The molecule has 0 bridgehead atoms. The Morgan fingerprint density at radius 3 is 2.75 bits per heavy atom. The summed E-state index contributed by atoms with van der Waals surface area (Å²) in [5, 5.41) is 6.14. The Labute approximate surface area is 145 Å². The number of hydrogen-bond acceptors (Lipinski definition) is 4. The van der Waals surface area contributed by atoms with Gasteiger partial charge in [-0.3, -0.25) is 5.32 Å². The monoisotopic (exact) mass is 347 g/mol. The van der Waals surface area contributed by atoms with Gasteiger partial charge in [-0.15, -0.1) is 0 Å². The molecule has 1 saturated carbocycles. The number of rotatable bonds is 5. The van der Waals surface area contributed by atoms with Crippen LogP contribution in [0.5, 0.6) is 11.5 Å². The van der Waals surface area contributed by atoms with Crippen LogP contribution in [-0.4, -0.2) is 31.3 Å². The van der Waals surface area contributed by atoms with E-state index in [1.807, 2.05) is 18.2 Å². The van der Waals surface area contributed by atoms with E-state index in [-0.39, 0.29) is 18.0 Å². The third kappa shape index (κ3) is 3.71. The molecule has 1 fully saturated rings. The smallest absolute Gasteiger partial charge is 0.320 e. The van der Waals surface area contributed by atoms with Gasteiger partial charge in [0.15, 0.2) is 0 Å². The molecular weight excluding hydrogens is 330 g/mol. The summed E-state index contributed by atoms with van der Waals surface area (Å²) in [5.74, 6) is 2.23. The van der Waals surface area contributed by atoms with Gasteiger partial charge in [0.25, 0.3) is 0 Å². The van der Waals surface area contributed by atoms with Crippen molar-refractivity contribution in [2.24, 2.45) is 0 Å². The molecule has 0 unspecified atom stereocenters. The first-order valence-electron chi connectivity index (χ1n) is 7.51. The van der Waals surface area contributed by atoms with Crippen LogP contribution < -0.4 is 20.1 Å². The van der Waals surface area contributed by atoms with E-state index in [4.69, 9.17) is 21.1 Å². The number of nitrogens with one attached hydrogen (secondary N) is 2. The number of anilines is 1. The maximum Gasteiger partial charge on any atom is 0.320 e. The zero-order valence-corrected chi connectivity index (χ0v) is 14.1. The summed E-state index contributed by atoms with van der Waals surface area (Å²) in [7, 11) is 3.26. The van der Waals surface area contributed by atoms with Crippen molar-refractivity contribution in [1.82, 2.24) is 10.3 Å². The highest BCUT2D eigenvalue weighted by atomic mass is 35.5. The second-order valence-electron chi connectivity index (χ2n) is 5.52. The van der Waals surface area contributed by atoms with Gasteiger partial charge in [0.1, 0.15) is 17.3 Å². The second kappa shape index (κ2) is 6.97. The van der Waals surface area contributed by atoms with Crippen molar-refractivity contribution < 1.29 is 14.3 Å².